The first-order chi connectivity index (χ1) is 30.1. The van der Waals surface area contributed by atoms with E-state index >= 15 is 0 Å². The number of amides is 1. The fourth-order valence-electron chi connectivity index (χ4n) is 10.0. The van der Waals surface area contributed by atoms with Gasteiger partial charge >= 0.3 is 0 Å². The molecule has 16 heteroatoms. The van der Waals surface area contributed by atoms with Gasteiger partial charge in [-0.3, -0.25) is 19.8 Å². The smallest absolute Gasteiger partial charge is 0.293 e. The summed E-state index contributed by atoms with van der Waals surface area (Å²) >= 11 is 0. The molecular weight excluding hydrogens is 811 g/mol. The number of aromatic amines is 1. The molecule has 0 radical (unpaired) electrons. The Morgan fingerprint density at radius 3 is 2.61 bits per heavy atom. The van der Waals surface area contributed by atoms with Crippen LogP contribution in [0.2, 0.25) is 0 Å². The van der Waals surface area contributed by atoms with Crippen molar-refractivity contribution in [1.29, 1.82) is 0 Å². The Hall–Kier alpha value is -5.55. The molecule has 1 aliphatic carbocycles. The van der Waals surface area contributed by atoms with Crippen molar-refractivity contribution < 1.29 is 32.3 Å². The molecular formula is C46H53N7O8S. The molecule has 3 aliphatic heterocycles. The molecule has 5 heterocycles. The monoisotopic (exact) mass is 863 g/mol. The van der Waals surface area contributed by atoms with E-state index in [1.165, 1.54) is 48.9 Å². The summed E-state index contributed by atoms with van der Waals surface area (Å²) in [5.41, 5.74) is 4.27. The van der Waals surface area contributed by atoms with Gasteiger partial charge in [0.25, 0.3) is 21.6 Å². The van der Waals surface area contributed by atoms with Crippen LogP contribution in [-0.2, 0) is 26.1 Å². The maximum absolute atomic E-state index is 13.9. The van der Waals surface area contributed by atoms with E-state index in [9.17, 15) is 23.3 Å². The number of methoxy groups -OCH3 is 1. The van der Waals surface area contributed by atoms with Crippen molar-refractivity contribution in [3.8, 4) is 11.5 Å². The Kier molecular flexibility index (Phi) is 11.9. The lowest BCUT2D eigenvalue weighted by molar-refractivity contribution is -0.384. The topological polar surface area (TPSA) is 181 Å². The average molecular weight is 864 g/mol. The predicted octanol–water partition coefficient (Wildman–Crippen LogP) is 7.95. The Labute approximate surface area is 361 Å². The molecule has 15 nitrogen and oxygen atoms in total. The number of fused-ring (bicyclic) bond motifs is 1. The molecule has 0 bridgehead atoms. The quantitative estimate of drug-likeness (QED) is 0.0725. The number of nitro groups is 1. The fraction of sp³-hybridized carbons (Fsp3) is 0.435. The normalized spacial score (nSPS) is 19.7. The number of anilines is 2. The molecule has 9 rings (SSSR count). The van der Waals surface area contributed by atoms with Gasteiger partial charge in [-0.25, -0.2) is 18.1 Å². The van der Waals surface area contributed by atoms with Gasteiger partial charge in [-0.05, 0) is 117 Å². The molecule has 0 unspecified atom stereocenters. The van der Waals surface area contributed by atoms with E-state index in [0.29, 0.717) is 55.3 Å². The summed E-state index contributed by atoms with van der Waals surface area (Å²) < 4.78 is 46.8. The minimum absolute atomic E-state index is 0.0155. The number of nitrogens with one attached hydrogen (secondary N) is 3. The number of likely N-dealkylation sites (tertiary alicyclic amines) is 1. The molecule has 4 fully saturated rings. The summed E-state index contributed by atoms with van der Waals surface area (Å²) in [6.45, 7) is 5.16. The van der Waals surface area contributed by atoms with Crippen LogP contribution in [-0.4, -0.2) is 86.7 Å². The minimum atomic E-state index is -4.54. The van der Waals surface area contributed by atoms with Crippen molar-refractivity contribution in [1.82, 2.24) is 19.6 Å². The summed E-state index contributed by atoms with van der Waals surface area (Å²) in [7, 11) is -2.79. The number of carbonyl (C=O) groups excluding carboxylic acids is 1. The minimum Gasteiger partial charge on any atom is -0.455 e. The molecule has 1 saturated carbocycles. The number of piperidine rings is 1. The number of H-pyrrole nitrogens is 1. The lowest BCUT2D eigenvalue weighted by Gasteiger charge is -2.56. The van der Waals surface area contributed by atoms with Crippen LogP contribution >= 0.6 is 0 Å². The summed E-state index contributed by atoms with van der Waals surface area (Å²) in [4.78, 5) is 37.5. The van der Waals surface area contributed by atoms with Gasteiger partial charge in [0.2, 0.25) is 0 Å². The van der Waals surface area contributed by atoms with E-state index in [0.717, 1.165) is 62.5 Å². The third-order valence-electron chi connectivity index (χ3n) is 13.4. The SMILES string of the molecule is COCc1ccccc1[C@@H]1CCCN1C1CC2(CCN(c3ccc(C(=O)NS(=O)(=O)c4ccc(NCC5CCOCC5)c([N+](=O)[O-])c4)c(Oc4cnc5[nH]ccc5c4)c3)CC2)C1. The molecule has 62 heavy (non-hydrogen) atoms. The number of nitro benzene ring substituents is 1. The summed E-state index contributed by atoms with van der Waals surface area (Å²) in [6, 6.07) is 22.1. The van der Waals surface area contributed by atoms with Crippen LogP contribution < -0.4 is 19.7 Å². The maximum Gasteiger partial charge on any atom is 0.293 e. The van der Waals surface area contributed by atoms with E-state index < -0.39 is 31.4 Å². The molecule has 1 spiro atoms. The number of hydrogen-bond donors (Lipinski definition) is 3. The van der Waals surface area contributed by atoms with Crippen molar-refractivity contribution >= 4 is 44.0 Å². The number of sulfonamides is 1. The van der Waals surface area contributed by atoms with Gasteiger partial charge in [-0.15, -0.1) is 0 Å². The Morgan fingerprint density at radius 2 is 1.82 bits per heavy atom. The zero-order chi connectivity index (χ0) is 42.8. The van der Waals surface area contributed by atoms with Gasteiger partial charge in [-0.2, -0.15) is 0 Å². The van der Waals surface area contributed by atoms with Gasteiger partial charge in [0, 0.05) is 81.4 Å². The molecule has 3 N–H and O–H groups in total. The van der Waals surface area contributed by atoms with E-state index in [4.69, 9.17) is 14.2 Å². The zero-order valence-electron chi connectivity index (χ0n) is 34.9. The van der Waals surface area contributed by atoms with Crippen molar-refractivity contribution in [3.05, 3.63) is 112 Å². The summed E-state index contributed by atoms with van der Waals surface area (Å²) in [5, 5.41) is 16.0. The molecule has 4 aliphatic rings. The average Bonchev–Trinajstić information content (AvgIpc) is 3.95. The van der Waals surface area contributed by atoms with Crippen LogP contribution in [0.1, 0.15) is 78.9 Å². The fourth-order valence-corrected chi connectivity index (χ4v) is 11.0. The highest BCUT2D eigenvalue weighted by Gasteiger charge is 2.50. The molecule has 3 aromatic carbocycles. The Balaban J connectivity index is 0.901. The second-order valence-corrected chi connectivity index (χ2v) is 18.9. The highest BCUT2D eigenvalue weighted by Crippen LogP contribution is 2.54. The van der Waals surface area contributed by atoms with Gasteiger partial charge in [0.05, 0.1) is 28.2 Å². The number of carbonyl (C=O) groups is 1. The molecule has 1 amide bonds. The maximum atomic E-state index is 13.9. The predicted molar refractivity (Wildman–Crippen MR) is 235 cm³/mol. The second-order valence-electron chi connectivity index (χ2n) is 17.3. The first-order valence-corrected chi connectivity index (χ1v) is 23.1. The zero-order valence-corrected chi connectivity index (χ0v) is 35.7. The molecule has 3 saturated heterocycles. The van der Waals surface area contributed by atoms with Crippen LogP contribution in [0.5, 0.6) is 11.5 Å². The highest BCUT2D eigenvalue weighted by atomic mass is 32.2. The Bertz CT molecular complexity index is 2540. The van der Waals surface area contributed by atoms with Crippen molar-refractivity contribution in [3.63, 3.8) is 0 Å². The van der Waals surface area contributed by atoms with E-state index in [1.54, 1.807) is 37.7 Å². The molecule has 5 aromatic rings. The van der Waals surface area contributed by atoms with Crippen LogP contribution in [0.3, 0.4) is 0 Å². The molecule has 1 atom stereocenters. The van der Waals surface area contributed by atoms with Crippen molar-refractivity contribution in [2.24, 2.45) is 11.3 Å². The standard InChI is InChI=1S/C46H53N7O8S/c1-59-30-33-5-2-3-6-38(33)41-7-4-18-52(41)35-26-46(27-35)15-19-51(20-16-46)34-8-10-39(43(24-34)61-36-23-32-12-17-47-44(32)49-29-36)45(54)50-62(57,58)37-9-11-40(42(25-37)53(55)56)48-28-31-13-21-60-22-14-31/h2-3,5-6,8-12,17,23-25,29,31,35,41,48H,4,7,13-16,18-22,26-28,30H2,1H3,(H,47,49)(H,50,54)/t41-/m0/s1. The van der Waals surface area contributed by atoms with Crippen LogP contribution in [0, 0.1) is 21.4 Å². The third kappa shape index (κ3) is 8.73. The Morgan fingerprint density at radius 1 is 1.02 bits per heavy atom. The number of pyridine rings is 1. The van der Waals surface area contributed by atoms with E-state index in [2.05, 4.69) is 54.1 Å². The molecule has 2 aromatic heterocycles. The van der Waals surface area contributed by atoms with Gasteiger partial charge < -0.3 is 29.4 Å². The summed E-state index contributed by atoms with van der Waals surface area (Å²) in [5.74, 6) is -0.132. The van der Waals surface area contributed by atoms with E-state index in [-0.39, 0.29) is 22.9 Å². The number of ether oxygens (including phenoxy) is 3. The van der Waals surface area contributed by atoms with Crippen LogP contribution in [0.25, 0.3) is 11.0 Å². The first-order valence-electron chi connectivity index (χ1n) is 21.6. The first kappa shape index (κ1) is 41.8. The second kappa shape index (κ2) is 17.7. The number of rotatable bonds is 14. The van der Waals surface area contributed by atoms with Gasteiger partial charge in [0.1, 0.15) is 22.8 Å². The number of benzene rings is 3. The van der Waals surface area contributed by atoms with Gasteiger partial charge in [0.15, 0.2) is 0 Å². The van der Waals surface area contributed by atoms with Crippen molar-refractivity contribution in [2.75, 3.05) is 56.7 Å². The third-order valence-corrected chi connectivity index (χ3v) is 14.8. The van der Waals surface area contributed by atoms with E-state index in [1.807, 2.05) is 12.1 Å². The lowest BCUT2D eigenvalue weighted by Crippen LogP contribution is -2.54. The molecule has 326 valence electrons. The van der Waals surface area contributed by atoms with Gasteiger partial charge in [-0.1, -0.05) is 24.3 Å². The highest BCUT2D eigenvalue weighted by molar-refractivity contribution is 7.90. The number of aromatic nitrogens is 2. The van der Waals surface area contributed by atoms with Crippen LogP contribution in [0.15, 0.2) is 90.1 Å². The largest absolute Gasteiger partial charge is 0.455 e. The summed E-state index contributed by atoms with van der Waals surface area (Å²) in [6.07, 6.45) is 11.8. The van der Waals surface area contributed by atoms with Crippen molar-refractivity contribution in [2.45, 2.75) is 75.0 Å². The lowest BCUT2D eigenvalue weighted by atomic mass is 9.59. The number of nitrogens with zero attached hydrogens (tertiary/aromatic N) is 4. The number of hydrogen-bond acceptors (Lipinski definition) is 12. The van der Waals surface area contributed by atoms with Crippen LogP contribution in [0.4, 0.5) is 17.1 Å².